The molecule has 0 bridgehead atoms. The van der Waals surface area contributed by atoms with Gasteiger partial charge in [0.25, 0.3) is 5.91 Å². The highest BCUT2D eigenvalue weighted by atomic mass is 28.4. The molecule has 1 heterocycles. The first-order valence-electron chi connectivity index (χ1n) is 9.40. The Balaban J connectivity index is 2.06. The Morgan fingerprint density at radius 1 is 1.29 bits per heavy atom. The number of carbonyl (C=O) groups is 2. The van der Waals surface area contributed by atoms with Gasteiger partial charge in [-0.05, 0) is 42.2 Å². The second-order valence-electron chi connectivity index (χ2n) is 8.88. The summed E-state index contributed by atoms with van der Waals surface area (Å²) in [6.07, 6.45) is -0.156. The molecule has 1 fully saturated rings. The van der Waals surface area contributed by atoms with E-state index in [0.29, 0.717) is 6.42 Å². The molecule has 0 radical (unpaired) electrons. The number of aromatic carboxylic acids is 1. The molecule has 0 aliphatic carbocycles. The predicted octanol–water partition coefficient (Wildman–Crippen LogP) is 4.19. The molecule has 1 aromatic carbocycles. The number of hydrogen-bond acceptors (Lipinski definition) is 3. The van der Waals surface area contributed by atoms with Crippen LogP contribution in [0.2, 0.25) is 18.1 Å². The number of halogens is 2. The number of rotatable bonds is 7. The van der Waals surface area contributed by atoms with E-state index in [9.17, 15) is 18.4 Å². The van der Waals surface area contributed by atoms with E-state index in [1.807, 2.05) is 0 Å². The third kappa shape index (κ3) is 4.97. The van der Waals surface area contributed by atoms with Crippen LogP contribution >= 0.6 is 0 Å². The molecule has 8 heteroatoms. The van der Waals surface area contributed by atoms with Crippen LogP contribution in [0.5, 0.6) is 0 Å². The largest absolute Gasteiger partial charge is 0.478 e. The summed E-state index contributed by atoms with van der Waals surface area (Å²) in [5.74, 6) is -5.54. The van der Waals surface area contributed by atoms with E-state index in [0.717, 1.165) is 5.56 Å². The summed E-state index contributed by atoms with van der Waals surface area (Å²) in [6.45, 7) is 10.6. The van der Waals surface area contributed by atoms with Gasteiger partial charge in [0, 0.05) is 13.0 Å². The van der Waals surface area contributed by atoms with Gasteiger partial charge in [0.2, 0.25) is 0 Å². The van der Waals surface area contributed by atoms with Gasteiger partial charge in [-0.2, -0.15) is 8.78 Å². The van der Waals surface area contributed by atoms with Crippen molar-refractivity contribution in [1.82, 2.24) is 4.90 Å². The van der Waals surface area contributed by atoms with Crippen molar-refractivity contribution < 1.29 is 27.9 Å². The lowest BCUT2D eigenvalue weighted by atomic mass is 10.1. The highest BCUT2D eigenvalue weighted by Crippen LogP contribution is 2.38. The monoisotopic (exact) mass is 413 g/mol. The molecule has 1 aromatic rings. The number of alkyl halides is 2. The second kappa shape index (κ2) is 7.91. The summed E-state index contributed by atoms with van der Waals surface area (Å²) in [5, 5.41) is 8.89. The van der Waals surface area contributed by atoms with Crippen LogP contribution in [0, 0.1) is 0 Å². The molecule has 1 atom stereocenters. The summed E-state index contributed by atoms with van der Waals surface area (Å²) < 4.78 is 34.2. The Labute approximate surface area is 165 Å². The molecule has 1 aliphatic rings. The van der Waals surface area contributed by atoms with Crippen LogP contribution in [-0.4, -0.2) is 55.3 Å². The number of carbonyl (C=O) groups excluding carboxylic acids is 1. The Bertz CT molecular complexity index is 729. The maximum Gasteiger partial charge on any atom is 0.335 e. The molecule has 2 rings (SSSR count). The summed E-state index contributed by atoms with van der Waals surface area (Å²) in [6, 6.07) is 5.56. The fourth-order valence-corrected chi connectivity index (χ4v) is 3.93. The molecule has 28 heavy (non-hydrogen) atoms. The normalized spacial score (nSPS) is 19.9. The van der Waals surface area contributed by atoms with Gasteiger partial charge >= 0.3 is 11.9 Å². The first-order chi connectivity index (χ1) is 12.7. The quantitative estimate of drug-likeness (QED) is 0.681. The van der Waals surface area contributed by atoms with E-state index in [1.54, 1.807) is 12.1 Å². The number of amides is 1. The summed E-state index contributed by atoms with van der Waals surface area (Å²) in [5.41, 5.74) is 0.949. The minimum absolute atomic E-state index is 0.0468. The average Bonchev–Trinajstić information content (AvgIpc) is 2.80. The van der Waals surface area contributed by atoms with Gasteiger partial charge in [0.15, 0.2) is 8.32 Å². The molecule has 5 nitrogen and oxygen atoms in total. The second-order valence-corrected chi connectivity index (χ2v) is 13.7. The van der Waals surface area contributed by atoms with Crippen molar-refractivity contribution in [2.45, 2.75) is 63.7 Å². The zero-order chi connectivity index (χ0) is 21.3. The smallest absolute Gasteiger partial charge is 0.335 e. The topological polar surface area (TPSA) is 66.8 Å². The van der Waals surface area contributed by atoms with E-state index in [2.05, 4.69) is 33.9 Å². The van der Waals surface area contributed by atoms with E-state index >= 15 is 0 Å². The number of benzene rings is 1. The Hall–Kier alpha value is -1.80. The van der Waals surface area contributed by atoms with Crippen LogP contribution in [0.1, 0.15) is 43.1 Å². The van der Waals surface area contributed by atoms with Gasteiger partial charge in [-0.3, -0.25) is 4.79 Å². The molecule has 1 N–H and O–H groups in total. The van der Waals surface area contributed by atoms with E-state index in [4.69, 9.17) is 9.53 Å². The minimum Gasteiger partial charge on any atom is -0.478 e. The molecule has 1 saturated heterocycles. The van der Waals surface area contributed by atoms with Gasteiger partial charge in [-0.1, -0.05) is 32.9 Å². The summed E-state index contributed by atoms with van der Waals surface area (Å²) in [4.78, 5) is 24.3. The number of likely N-dealkylation sites (tertiary alicyclic amines) is 1. The zero-order valence-corrected chi connectivity index (χ0v) is 18.1. The molecule has 1 aliphatic heterocycles. The van der Waals surface area contributed by atoms with Crippen molar-refractivity contribution in [3.63, 3.8) is 0 Å². The highest BCUT2D eigenvalue weighted by Gasteiger charge is 2.53. The summed E-state index contributed by atoms with van der Waals surface area (Å²) >= 11 is 0. The molecule has 1 amide bonds. The first-order valence-corrected chi connectivity index (χ1v) is 12.3. The number of carboxylic acids is 1. The van der Waals surface area contributed by atoms with E-state index in [-0.39, 0.29) is 23.8 Å². The minimum atomic E-state index is -3.37. The van der Waals surface area contributed by atoms with Crippen LogP contribution < -0.4 is 0 Å². The predicted molar refractivity (Wildman–Crippen MR) is 105 cm³/mol. The Morgan fingerprint density at radius 2 is 1.86 bits per heavy atom. The van der Waals surface area contributed by atoms with Crippen molar-refractivity contribution in [2.75, 3.05) is 13.2 Å². The Kier molecular flexibility index (Phi) is 6.35. The number of carboxylic acid groups (broad SMARTS) is 1. The lowest BCUT2D eigenvalue weighted by molar-refractivity contribution is -0.148. The van der Waals surface area contributed by atoms with Gasteiger partial charge < -0.3 is 14.4 Å². The molecule has 0 saturated carbocycles. The number of nitrogens with zero attached hydrogens (tertiary/aromatic N) is 1. The van der Waals surface area contributed by atoms with Gasteiger partial charge in [0.05, 0.1) is 18.2 Å². The third-order valence-corrected chi connectivity index (χ3v) is 10.3. The van der Waals surface area contributed by atoms with E-state index < -0.39 is 38.6 Å². The van der Waals surface area contributed by atoms with Gasteiger partial charge in [0.1, 0.15) is 0 Å². The molecule has 0 aromatic heterocycles. The molecule has 1 unspecified atom stereocenters. The molecular formula is C20H29F2NO4Si. The average molecular weight is 414 g/mol. The van der Waals surface area contributed by atoms with E-state index in [1.165, 1.54) is 17.0 Å². The SMILES string of the molecule is CC(C)(C)[Si](C)(C)OCC1CC(F)(F)C(=O)N1CCc1ccc(C(=O)O)cc1. The third-order valence-electron chi connectivity index (χ3n) is 5.79. The maximum atomic E-state index is 14.1. The number of hydrogen-bond donors (Lipinski definition) is 1. The van der Waals surface area contributed by atoms with Crippen LogP contribution in [0.3, 0.4) is 0 Å². The van der Waals surface area contributed by atoms with Crippen molar-refractivity contribution in [1.29, 1.82) is 0 Å². The molecule has 156 valence electrons. The van der Waals surface area contributed by atoms with Crippen LogP contribution in [0.4, 0.5) is 8.78 Å². The van der Waals surface area contributed by atoms with Crippen molar-refractivity contribution in [2.24, 2.45) is 0 Å². The lowest BCUT2D eigenvalue weighted by Gasteiger charge is -2.37. The van der Waals surface area contributed by atoms with Crippen molar-refractivity contribution in [3.8, 4) is 0 Å². The fourth-order valence-electron chi connectivity index (χ4n) is 2.89. The Morgan fingerprint density at radius 3 is 2.36 bits per heavy atom. The first kappa shape index (κ1) is 22.5. The van der Waals surface area contributed by atoms with Crippen molar-refractivity contribution >= 4 is 20.2 Å². The maximum absolute atomic E-state index is 14.1. The van der Waals surface area contributed by atoms with Gasteiger partial charge in [-0.15, -0.1) is 0 Å². The summed E-state index contributed by atoms with van der Waals surface area (Å²) in [7, 11) is -2.11. The van der Waals surface area contributed by atoms with Crippen LogP contribution in [-0.2, 0) is 15.6 Å². The fraction of sp³-hybridized carbons (Fsp3) is 0.600. The van der Waals surface area contributed by atoms with Crippen LogP contribution in [0.25, 0.3) is 0 Å². The molecular weight excluding hydrogens is 384 g/mol. The van der Waals surface area contributed by atoms with Crippen LogP contribution in [0.15, 0.2) is 24.3 Å². The van der Waals surface area contributed by atoms with Gasteiger partial charge in [-0.25, -0.2) is 4.79 Å². The highest BCUT2D eigenvalue weighted by molar-refractivity contribution is 6.74. The van der Waals surface area contributed by atoms with Crippen molar-refractivity contribution in [3.05, 3.63) is 35.4 Å². The lowest BCUT2D eigenvalue weighted by Crippen LogP contribution is -2.45. The molecule has 0 spiro atoms. The zero-order valence-electron chi connectivity index (χ0n) is 17.1. The standard InChI is InChI=1S/C20H29F2NO4Si/c1-19(2,3)28(4,5)27-13-16-12-20(21,22)18(26)23(16)11-10-14-6-8-15(9-7-14)17(24)25/h6-9,16H,10-13H2,1-5H3,(H,24,25).